The third-order valence-electron chi connectivity index (χ3n) is 4.18. The summed E-state index contributed by atoms with van der Waals surface area (Å²) in [6, 6.07) is 8.59. The van der Waals surface area contributed by atoms with Gasteiger partial charge < -0.3 is 10.1 Å². The topological polar surface area (TPSA) is 41.6 Å². The van der Waals surface area contributed by atoms with Crippen LogP contribution in [0.5, 0.6) is 0 Å². The smallest absolute Gasteiger partial charge is 0.327 e. The van der Waals surface area contributed by atoms with Crippen molar-refractivity contribution in [1.82, 2.24) is 10.2 Å². The van der Waals surface area contributed by atoms with Crippen LogP contribution in [-0.4, -0.2) is 43.2 Å². The van der Waals surface area contributed by atoms with Gasteiger partial charge in [-0.2, -0.15) is 0 Å². The van der Waals surface area contributed by atoms with E-state index >= 15 is 0 Å². The predicted molar refractivity (Wildman–Crippen MR) is 84.1 cm³/mol. The standard InChI is InChI=1S/C17H26N2O2/c1-4-18-17(2,16(20)21-3)13-19-11-7-10-14-8-5-6-9-15(14)12-19/h5-6,8-9,18H,4,7,10-13H2,1-3H3. The van der Waals surface area contributed by atoms with Crippen molar-refractivity contribution in [3.05, 3.63) is 35.4 Å². The fraction of sp³-hybridized carbons (Fsp3) is 0.588. The van der Waals surface area contributed by atoms with E-state index < -0.39 is 5.54 Å². The lowest BCUT2D eigenvalue weighted by molar-refractivity contribution is -0.148. The first-order valence-electron chi connectivity index (χ1n) is 7.71. The van der Waals surface area contributed by atoms with Crippen LogP contribution in [0.2, 0.25) is 0 Å². The highest BCUT2D eigenvalue weighted by molar-refractivity contribution is 5.80. The van der Waals surface area contributed by atoms with Gasteiger partial charge in [0.15, 0.2) is 0 Å². The Balaban J connectivity index is 2.12. The molecule has 1 heterocycles. The Morgan fingerprint density at radius 3 is 2.76 bits per heavy atom. The number of carbonyl (C=O) groups excluding carboxylic acids is 1. The Morgan fingerprint density at radius 2 is 2.10 bits per heavy atom. The summed E-state index contributed by atoms with van der Waals surface area (Å²) in [5.41, 5.74) is 2.16. The molecule has 0 aromatic heterocycles. The monoisotopic (exact) mass is 290 g/mol. The summed E-state index contributed by atoms with van der Waals surface area (Å²) in [6.45, 7) is 7.26. The average molecular weight is 290 g/mol. The van der Waals surface area contributed by atoms with E-state index in [1.807, 2.05) is 13.8 Å². The molecule has 0 bridgehead atoms. The molecule has 0 radical (unpaired) electrons. The van der Waals surface area contributed by atoms with Crippen molar-refractivity contribution < 1.29 is 9.53 Å². The number of nitrogens with one attached hydrogen (secondary N) is 1. The van der Waals surface area contributed by atoms with Gasteiger partial charge >= 0.3 is 5.97 Å². The van der Waals surface area contributed by atoms with Crippen LogP contribution in [0.15, 0.2) is 24.3 Å². The van der Waals surface area contributed by atoms with Crippen molar-refractivity contribution in [2.75, 3.05) is 26.7 Å². The molecule has 0 aliphatic carbocycles. The number of esters is 1. The van der Waals surface area contributed by atoms with E-state index in [0.29, 0.717) is 6.54 Å². The van der Waals surface area contributed by atoms with E-state index in [4.69, 9.17) is 4.74 Å². The second-order valence-electron chi connectivity index (χ2n) is 5.94. The summed E-state index contributed by atoms with van der Waals surface area (Å²) < 4.78 is 4.98. The van der Waals surface area contributed by atoms with Crippen molar-refractivity contribution in [1.29, 1.82) is 0 Å². The lowest BCUT2D eigenvalue weighted by Crippen LogP contribution is -2.57. The molecule has 1 unspecified atom stereocenters. The van der Waals surface area contributed by atoms with Gasteiger partial charge in [-0.15, -0.1) is 0 Å². The third kappa shape index (κ3) is 3.83. The first kappa shape index (κ1) is 16.0. The molecule has 1 aliphatic heterocycles. The van der Waals surface area contributed by atoms with Gasteiger partial charge in [0.05, 0.1) is 7.11 Å². The van der Waals surface area contributed by atoms with Gasteiger partial charge in [0, 0.05) is 13.1 Å². The zero-order valence-electron chi connectivity index (χ0n) is 13.3. The summed E-state index contributed by atoms with van der Waals surface area (Å²) in [5.74, 6) is -0.193. The molecule has 2 rings (SSSR count). The van der Waals surface area contributed by atoms with E-state index in [2.05, 4.69) is 34.5 Å². The number of hydrogen-bond acceptors (Lipinski definition) is 4. The minimum Gasteiger partial charge on any atom is -0.468 e. The largest absolute Gasteiger partial charge is 0.468 e. The zero-order chi connectivity index (χ0) is 15.3. The van der Waals surface area contributed by atoms with E-state index in [1.54, 1.807) is 0 Å². The van der Waals surface area contributed by atoms with Crippen LogP contribution in [0, 0.1) is 0 Å². The van der Waals surface area contributed by atoms with Crippen LogP contribution in [0.4, 0.5) is 0 Å². The predicted octanol–water partition coefficient (Wildman–Crippen LogP) is 1.98. The van der Waals surface area contributed by atoms with E-state index in [9.17, 15) is 4.79 Å². The number of hydrogen-bond donors (Lipinski definition) is 1. The molecule has 116 valence electrons. The number of fused-ring (bicyclic) bond motifs is 1. The SMILES string of the molecule is CCNC(C)(CN1CCCc2ccccc2C1)C(=O)OC. The normalized spacial score (nSPS) is 18.4. The highest BCUT2D eigenvalue weighted by Crippen LogP contribution is 2.20. The minimum atomic E-state index is -0.650. The molecule has 1 aliphatic rings. The number of nitrogens with zero attached hydrogens (tertiary/aromatic N) is 1. The average Bonchev–Trinajstić information content (AvgIpc) is 2.68. The molecule has 0 amide bonds. The van der Waals surface area contributed by atoms with E-state index in [0.717, 1.165) is 32.5 Å². The summed E-state index contributed by atoms with van der Waals surface area (Å²) >= 11 is 0. The van der Waals surface area contributed by atoms with Gasteiger partial charge in [-0.05, 0) is 44.0 Å². The summed E-state index contributed by atoms with van der Waals surface area (Å²) in [4.78, 5) is 14.5. The Labute approximate surface area is 127 Å². The summed E-state index contributed by atoms with van der Waals surface area (Å²) in [6.07, 6.45) is 2.24. The molecule has 0 fully saturated rings. The molecule has 1 atom stereocenters. The molecular weight excluding hydrogens is 264 g/mol. The number of benzene rings is 1. The lowest BCUT2D eigenvalue weighted by atomic mass is 10.0. The molecule has 4 heteroatoms. The fourth-order valence-corrected chi connectivity index (χ4v) is 3.16. The van der Waals surface area contributed by atoms with Crippen LogP contribution in [0.1, 0.15) is 31.4 Å². The van der Waals surface area contributed by atoms with Crippen LogP contribution in [0.3, 0.4) is 0 Å². The van der Waals surface area contributed by atoms with Gasteiger partial charge in [0.2, 0.25) is 0 Å². The Kier molecular flexibility index (Phi) is 5.37. The number of likely N-dealkylation sites (N-methyl/N-ethyl adjacent to an activating group) is 1. The highest BCUT2D eigenvalue weighted by Gasteiger charge is 2.35. The molecule has 0 spiro atoms. The number of carbonyl (C=O) groups is 1. The molecule has 1 aromatic rings. The fourth-order valence-electron chi connectivity index (χ4n) is 3.16. The van der Waals surface area contributed by atoms with Gasteiger partial charge in [0.1, 0.15) is 5.54 Å². The number of methoxy groups -OCH3 is 1. The molecule has 1 N–H and O–H groups in total. The van der Waals surface area contributed by atoms with Crippen molar-refractivity contribution in [2.45, 2.75) is 38.8 Å². The molecular formula is C17H26N2O2. The number of rotatable bonds is 5. The van der Waals surface area contributed by atoms with Gasteiger partial charge in [0.25, 0.3) is 0 Å². The van der Waals surface area contributed by atoms with E-state index in [-0.39, 0.29) is 5.97 Å². The van der Waals surface area contributed by atoms with Crippen LogP contribution in [0.25, 0.3) is 0 Å². The van der Waals surface area contributed by atoms with Gasteiger partial charge in [-0.1, -0.05) is 31.2 Å². The third-order valence-corrected chi connectivity index (χ3v) is 4.18. The molecule has 1 aromatic carbocycles. The maximum Gasteiger partial charge on any atom is 0.327 e. The molecule has 4 nitrogen and oxygen atoms in total. The van der Waals surface area contributed by atoms with E-state index in [1.165, 1.54) is 18.2 Å². The Hall–Kier alpha value is -1.39. The molecule has 0 saturated heterocycles. The van der Waals surface area contributed by atoms with Gasteiger partial charge in [-0.3, -0.25) is 9.69 Å². The lowest BCUT2D eigenvalue weighted by Gasteiger charge is -2.33. The number of aryl methyl sites for hydroxylation is 1. The van der Waals surface area contributed by atoms with Crippen molar-refractivity contribution in [3.63, 3.8) is 0 Å². The second kappa shape index (κ2) is 7.05. The maximum atomic E-state index is 12.1. The maximum absolute atomic E-state index is 12.1. The Morgan fingerprint density at radius 1 is 1.38 bits per heavy atom. The quantitative estimate of drug-likeness (QED) is 0.842. The van der Waals surface area contributed by atoms with Crippen molar-refractivity contribution in [3.8, 4) is 0 Å². The highest BCUT2D eigenvalue weighted by atomic mass is 16.5. The summed E-state index contributed by atoms with van der Waals surface area (Å²) in [7, 11) is 1.45. The first-order chi connectivity index (χ1) is 10.1. The zero-order valence-corrected chi connectivity index (χ0v) is 13.3. The minimum absolute atomic E-state index is 0.193. The molecule has 21 heavy (non-hydrogen) atoms. The van der Waals surface area contributed by atoms with Gasteiger partial charge in [-0.25, -0.2) is 0 Å². The van der Waals surface area contributed by atoms with Crippen LogP contribution in [-0.2, 0) is 22.5 Å². The van der Waals surface area contributed by atoms with Crippen LogP contribution < -0.4 is 5.32 Å². The molecule has 0 saturated carbocycles. The Bertz CT molecular complexity index is 489. The van der Waals surface area contributed by atoms with Crippen LogP contribution >= 0.6 is 0 Å². The first-order valence-corrected chi connectivity index (χ1v) is 7.71. The van der Waals surface area contributed by atoms with Crippen molar-refractivity contribution in [2.24, 2.45) is 0 Å². The summed E-state index contributed by atoms with van der Waals surface area (Å²) in [5, 5.41) is 3.29. The number of ether oxygens (including phenoxy) is 1. The van der Waals surface area contributed by atoms with Crippen molar-refractivity contribution >= 4 is 5.97 Å². The second-order valence-corrected chi connectivity index (χ2v) is 5.94.